The van der Waals surface area contributed by atoms with Crippen molar-refractivity contribution in [3.63, 3.8) is 0 Å². The molecule has 2 unspecified atom stereocenters. The highest BCUT2D eigenvalue weighted by atomic mass is 16.4. The first-order valence-corrected chi connectivity index (χ1v) is 6.60. The Kier molecular flexibility index (Phi) is 4.15. The number of para-hydroxylation sites is 1. The molecule has 1 aromatic rings. The van der Waals surface area contributed by atoms with Gasteiger partial charge in [0, 0.05) is 6.21 Å². The Morgan fingerprint density at radius 1 is 1.42 bits per heavy atom. The zero-order valence-electron chi connectivity index (χ0n) is 11.3. The quantitative estimate of drug-likeness (QED) is 0.655. The second-order valence-electron chi connectivity index (χ2n) is 5.29. The molecule has 0 fully saturated rings. The van der Waals surface area contributed by atoms with Gasteiger partial charge < -0.3 is 5.11 Å². The van der Waals surface area contributed by atoms with Crippen LogP contribution in [0.1, 0.15) is 37.0 Å². The number of nitrogens with zero attached hydrogens (tertiary/aromatic N) is 1. The topological polar surface area (TPSA) is 49.7 Å². The largest absolute Gasteiger partial charge is 0.478 e. The SMILES string of the molecule is CC1=CC(C)CC(/C=N/c2ccccc2C(=O)O)C1. The summed E-state index contributed by atoms with van der Waals surface area (Å²) in [5.41, 5.74) is 2.19. The lowest BCUT2D eigenvalue weighted by atomic mass is 9.84. The molecule has 100 valence electrons. The zero-order chi connectivity index (χ0) is 13.8. The van der Waals surface area contributed by atoms with Crippen molar-refractivity contribution in [2.75, 3.05) is 0 Å². The average molecular weight is 257 g/mol. The van der Waals surface area contributed by atoms with E-state index in [0.717, 1.165) is 12.8 Å². The van der Waals surface area contributed by atoms with Crippen molar-refractivity contribution in [2.45, 2.75) is 26.7 Å². The summed E-state index contributed by atoms with van der Waals surface area (Å²) in [6.45, 7) is 4.34. The Labute approximate surface area is 113 Å². The van der Waals surface area contributed by atoms with E-state index in [1.54, 1.807) is 18.2 Å². The van der Waals surface area contributed by atoms with E-state index in [-0.39, 0.29) is 5.56 Å². The molecule has 19 heavy (non-hydrogen) atoms. The molecule has 1 aliphatic carbocycles. The van der Waals surface area contributed by atoms with Gasteiger partial charge in [-0.3, -0.25) is 4.99 Å². The maximum Gasteiger partial charge on any atom is 0.337 e. The lowest BCUT2D eigenvalue weighted by Gasteiger charge is -2.22. The van der Waals surface area contributed by atoms with Gasteiger partial charge in [-0.1, -0.05) is 30.7 Å². The predicted molar refractivity (Wildman–Crippen MR) is 77.2 cm³/mol. The zero-order valence-corrected chi connectivity index (χ0v) is 11.3. The van der Waals surface area contributed by atoms with Crippen molar-refractivity contribution in [2.24, 2.45) is 16.8 Å². The number of carboxylic acid groups (broad SMARTS) is 1. The molecule has 0 saturated heterocycles. The van der Waals surface area contributed by atoms with Crippen molar-refractivity contribution >= 4 is 17.9 Å². The van der Waals surface area contributed by atoms with Crippen LogP contribution in [0.4, 0.5) is 5.69 Å². The van der Waals surface area contributed by atoms with Crippen LogP contribution in [-0.4, -0.2) is 17.3 Å². The molecule has 0 aromatic heterocycles. The molecule has 0 saturated carbocycles. The molecule has 2 atom stereocenters. The van der Waals surface area contributed by atoms with Crippen LogP contribution in [0.3, 0.4) is 0 Å². The van der Waals surface area contributed by atoms with Crippen LogP contribution in [0.2, 0.25) is 0 Å². The molecule has 1 aliphatic rings. The number of aromatic carboxylic acids is 1. The number of carboxylic acids is 1. The van der Waals surface area contributed by atoms with Gasteiger partial charge in [-0.05, 0) is 43.7 Å². The van der Waals surface area contributed by atoms with E-state index < -0.39 is 5.97 Å². The number of rotatable bonds is 3. The highest BCUT2D eigenvalue weighted by Gasteiger charge is 2.16. The van der Waals surface area contributed by atoms with Crippen LogP contribution in [-0.2, 0) is 0 Å². The third-order valence-electron chi connectivity index (χ3n) is 3.39. The highest BCUT2D eigenvalue weighted by Crippen LogP contribution is 2.27. The maximum atomic E-state index is 11.1. The normalized spacial score (nSPS) is 23.4. The number of hydrogen-bond donors (Lipinski definition) is 1. The average Bonchev–Trinajstić information content (AvgIpc) is 2.35. The second-order valence-corrected chi connectivity index (χ2v) is 5.29. The van der Waals surface area contributed by atoms with E-state index in [1.807, 2.05) is 12.3 Å². The standard InChI is InChI=1S/C16H19NO2/c1-11-7-12(2)9-13(8-11)10-17-15-6-4-3-5-14(15)16(18)19/h3-7,10-11,13H,8-9H2,1-2H3,(H,18,19)/b17-10+. The third kappa shape index (κ3) is 3.53. The van der Waals surface area contributed by atoms with Crippen LogP contribution in [0.15, 0.2) is 40.9 Å². The Hall–Kier alpha value is -1.90. The van der Waals surface area contributed by atoms with Crippen molar-refractivity contribution in [1.82, 2.24) is 0 Å². The monoisotopic (exact) mass is 257 g/mol. The number of hydrogen-bond acceptors (Lipinski definition) is 2. The van der Waals surface area contributed by atoms with Gasteiger partial charge in [-0.2, -0.15) is 0 Å². The van der Waals surface area contributed by atoms with Crippen LogP contribution < -0.4 is 0 Å². The number of benzene rings is 1. The molecular formula is C16H19NO2. The van der Waals surface area contributed by atoms with Gasteiger partial charge in [0.25, 0.3) is 0 Å². The van der Waals surface area contributed by atoms with Crippen molar-refractivity contribution in [3.8, 4) is 0 Å². The van der Waals surface area contributed by atoms with Gasteiger partial charge >= 0.3 is 5.97 Å². The molecule has 0 heterocycles. The molecule has 0 spiro atoms. The molecule has 3 heteroatoms. The van der Waals surface area contributed by atoms with E-state index in [9.17, 15) is 4.79 Å². The minimum atomic E-state index is -0.930. The van der Waals surface area contributed by atoms with Gasteiger partial charge in [0.15, 0.2) is 0 Å². The smallest absolute Gasteiger partial charge is 0.337 e. The first kappa shape index (κ1) is 13.5. The lowest BCUT2D eigenvalue weighted by molar-refractivity contribution is 0.0698. The Morgan fingerprint density at radius 3 is 2.84 bits per heavy atom. The lowest BCUT2D eigenvalue weighted by Crippen LogP contribution is -2.12. The maximum absolute atomic E-state index is 11.1. The van der Waals surface area contributed by atoms with Crippen LogP contribution in [0.25, 0.3) is 0 Å². The van der Waals surface area contributed by atoms with Gasteiger partial charge in [-0.15, -0.1) is 0 Å². The minimum absolute atomic E-state index is 0.259. The summed E-state index contributed by atoms with van der Waals surface area (Å²) in [6, 6.07) is 6.87. The fourth-order valence-electron chi connectivity index (χ4n) is 2.66. The Balaban J connectivity index is 2.15. The summed E-state index contributed by atoms with van der Waals surface area (Å²) in [5.74, 6) is 0.0441. The molecule has 2 rings (SSSR count). The Morgan fingerprint density at radius 2 is 2.16 bits per heavy atom. The second kappa shape index (κ2) is 5.83. The molecule has 1 N–H and O–H groups in total. The van der Waals surface area contributed by atoms with Gasteiger partial charge in [-0.25, -0.2) is 4.79 Å². The first-order chi connectivity index (χ1) is 9.06. The van der Waals surface area contributed by atoms with Crippen LogP contribution in [0, 0.1) is 11.8 Å². The van der Waals surface area contributed by atoms with Crippen molar-refractivity contribution in [3.05, 3.63) is 41.5 Å². The number of allylic oxidation sites excluding steroid dienone is 2. The van der Waals surface area contributed by atoms with Gasteiger partial charge in [0.1, 0.15) is 0 Å². The molecule has 0 aliphatic heterocycles. The first-order valence-electron chi connectivity index (χ1n) is 6.60. The summed E-state index contributed by atoms with van der Waals surface area (Å²) in [4.78, 5) is 15.5. The molecule has 1 aromatic carbocycles. The van der Waals surface area contributed by atoms with Gasteiger partial charge in [0.2, 0.25) is 0 Å². The minimum Gasteiger partial charge on any atom is -0.478 e. The van der Waals surface area contributed by atoms with E-state index in [2.05, 4.69) is 24.9 Å². The van der Waals surface area contributed by atoms with E-state index in [1.165, 1.54) is 5.57 Å². The van der Waals surface area contributed by atoms with E-state index in [4.69, 9.17) is 5.11 Å². The fraction of sp³-hybridized carbons (Fsp3) is 0.375. The van der Waals surface area contributed by atoms with Crippen molar-refractivity contribution < 1.29 is 9.90 Å². The van der Waals surface area contributed by atoms with E-state index >= 15 is 0 Å². The molecule has 0 radical (unpaired) electrons. The van der Waals surface area contributed by atoms with Crippen LogP contribution in [0.5, 0.6) is 0 Å². The third-order valence-corrected chi connectivity index (χ3v) is 3.39. The summed E-state index contributed by atoms with van der Waals surface area (Å²) in [7, 11) is 0. The number of aliphatic imine (C=N–C) groups is 1. The van der Waals surface area contributed by atoms with Crippen LogP contribution >= 0.6 is 0 Å². The molecule has 0 bridgehead atoms. The molecule has 0 amide bonds. The summed E-state index contributed by atoms with van der Waals surface area (Å²) in [5, 5.41) is 9.10. The highest BCUT2D eigenvalue weighted by molar-refractivity contribution is 5.94. The molecule has 3 nitrogen and oxygen atoms in total. The predicted octanol–water partition coefficient (Wildman–Crippen LogP) is 4.08. The van der Waals surface area contributed by atoms with Gasteiger partial charge in [0.05, 0.1) is 11.3 Å². The summed E-state index contributed by atoms with van der Waals surface area (Å²) < 4.78 is 0. The van der Waals surface area contributed by atoms with E-state index in [0.29, 0.717) is 17.5 Å². The van der Waals surface area contributed by atoms with Crippen molar-refractivity contribution in [1.29, 1.82) is 0 Å². The number of carbonyl (C=O) groups is 1. The Bertz CT molecular complexity index is 531. The fourth-order valence-corrected chi connectivity index (χ4v) is 2.66. The molecular weight excluding hydrogens is 238 g/mol. The summed E-state index contributed by atoms with van der Waals surface area (Å²) in [6.07, 6.45) is 6.31. The summed E-state index contributed by atoms with van der Waals surface area (Å²) >= 11 is 0.